The molecule has 35 heavy (non-hydrogen) atoms. The number of alkyl carbamates (subject to hydrolysis) is 1. The molecule has 0 spiro atoms. The number of aliphatic hydroxyl groups is 1. The highest BCUT2D eigenvalue weighted by Crippen LogP contribution is 2.44. The van der Waals surface area contributed by atoms with Crippen LogP contribution in [0.15, 0.2) is 48.5 Å². The maximum Gasteiger partial charge on any atom is 0.407 e. The summed E-state index contributed by atoms with van der Waals surface area (Å²) in [5, 5.41) is 22.0. The second-order valence-electron chi connectivity index (χ2n) is 10.2. The van der Waals surface area contributed by atoms with Crippen molar-refractivity contribution in [1.29, 1.82) is 0 Å². The number of nitrogens with zero attached hydrogens (tertiary/aromatic N) is 1. The molecule has 2 aromatic rings. The number of aliphatic hydroxyl groups excluding tert-OH is 1. The average molecular weight is 481 g/mol. The first-order chi connectivity index (χ1) is 16.6. The molecule has 2 aromatic carbocycles. The van der Waals surface area contributed by atoms with Gasteiger partial charge in [-0.05, 0) is 40.5 Å². The van der Waals surface area contributed by atoms with Crippen molar-refractivity contribution in [3.05, 3.63) is 59.7 Å². The molecule has 4 rings (SSSR count). The SMILES string of the molecule is CC1(C)CC(O)CCN(C(=O)C(CC(=O)O)NC(=O)OCC2c3ccccc3-c3ccccc32)C1. The van der Waals surface area contributed by atoms with Crippen molar-refractivity contribution in [2.24, 2.45) is 5.41 Å². The predicted molar refractivity (Wildman–Crippen MR) is 130 cm³/mol. The van der Waals surface area contributed by atoms with E-state index in [-0.39, 0.29) is 17.9 Å². The minimum atomic E-state index is -1.26. The Balaban J connectivity index is 1.44. The third-order valence-electron chi connectivity index (χ3n) is 6.76. The Morgan fingerprint density at radius 2 is 1.69 bits per heavy atom. The van der Waals surface area contributed by atoms with Crippen LogP contribution in [-0.4, -0.2) is 64.9 Å². The highest BCUT2D eigenvalue weighted by Gasteiger charge is 2.36. The van der Waals surface area contributed by atoms with E-state index in [9.17, 15) is 24.6 Å². The van der Waals surface area contributed by atoms with Crippen molar-refractivity contribution in [3.63, 3.8) is 0 Å². The minimum absolute atomic E-state index is 0.0662. The summed E-state index contributed by atoms with van der Waals surface area (Å²) in [6, 6.07) is 14.7. The van der Waals surface area contributed by atoms with Crippen molar-refractivity contribution in [1.82, 2.24) is 10.2 Å². The molecule has 0 saturated carbocycles. The van der Waals surface area contributed by atoms with E-state index >= 15 is 0 Å². The molecule has 186 valence electrons. The standard InChI is InChI=1S/C27H32N2O6/c1-27(2)14-17(30)11-12-29(16-27)25(33)23(13-24(31)32)28-26(34)35-15-22-20-9-5-3-7-18(20)19-8-4-6-10-21(19)22/h3-10,17,22-23,30H,11-16H2,1-2H3,(H,28,34)(H,31,32). The van der Waals surface area contributed by atoms with Gasteiger partial charge in [0.2, 0.25) is 5.91 Å². The fraction of sp³-hybridized carbons (Fsp3) is 0.444. The molecule has 8 nitrogen and oxygen atoms in total. The molecule has 2 aliphatic rings. The Morgan fingerprint density at radius 1 is 1.09 bits per heavy atom. The molecule has 0 radical (unpaired) electrons. The number of fused-ring (bicyclic) bond motifs is 3. The number of carboxylic acids is 1. The molecule has 0 aromatic heterocycles. The number of benzene rings is 2. The molecule has 2 unspecified atom stereocenters. The molecule has 1 heterocycles. The second kappa shape index (κ2) is 10.1. The Morgan fingerprint density at radius 3 is 2.29 bits per heavy atom. The van der Waals surface area contributed by atoms with E-state index in [1.54, 1.807) is 0 Å². The third-order valence-corrected chi connectivity index (χ3v) is 6.76. The number of rotatable bonds is 6. The van der Waals surface area contributed by atoms with Crippen LogP contribution >= 0.6 is 0 Å². The first-order valence-corrected chi connectivity index (χ1v) is 11.9. The Bertz CT molecular complexity index is 1070. The van der Waals surface area contributed by atoms with E-state index in [4.69, 9.17) is 4.74 Å². The van der Waals surface area contributed by atoms with Gasteiger partial charge in [-0.2, -0.15) is 0 Å². The largest absolute Gasteiger partial charge is 0.481 e. The Kier molecular flexibility index (Phi) is 7.12. The maximum atomic E-state index is 13.2. The van der Waals surface area contributed by atoms with Gasteiger partial charge in [0.1, 0.15) is 12.6 Å². The van der Waals surface area contributed by atoms with Crippen LogP contribution in [0.1, 0.15) is 50.2 Å². The van der Waals surface area contributed by atoms with Crippen LogP contribution in [0.2, 0.25) is 0 Å². The first-order valence-electron chi connectivity index (χ1n) is 11.9. The topological polar surface area (TPSA) is 116 Å². The number of nitrogens with one attached hydrogen (secondary N) is 1. The average Bonchev–Trinajstić information content (AvgIpc) is 3.04. The summed E-state index contributed by atoms with van der Waals surface area (Å²) in [5.74, 6) is -1.82. The maximum absolute atomic E-state index is 13.2. The molecule has 1 aliphatic carbocycles. The van der Waals surface area contributed by atoms with Crippen LogP contribution in [0.25, 0.3) is 11.1 Å². The van der Waals surface area contributed by atoms with Gasteiger partial charge in [0.15, 0.2) is 0 Å². The number of ether oxygens (including phenoxy) is 1. The van der Waals surface area contributed by atoms with Gasteiger partial charge in [0, 0.05) is 19.0 Å². The summed E-state index contributed by atoms with van der Waals surface area (Å²) in [6.45, 7) is 4.63. The summed E-state index contributed by atoms with van der Waals surface area (Å²) < 4.78 is 5.52. The van der Waals surface area contributed by atoms with Gasteiger partial charge in [0.05, 0.1) is 12.5 Å². The first kappa shape index (κ1) is 24.7. The lowest BCUT2D eigenvalue weighted by Crippen LogP contribution is -2.51. The normalized spacial score (nSPS) is 19.7. The van der Waals surface area contributed by atoms with Gasteiger partial charge in [-0.1, -0.05) is 62.4 Å². The number of carbonyl (C=O) groups is 3. The highest BCUT2D eigenvalue weighted by atomic mass is 16.5. The minimum Gasteiger partial charge on any atom is -0.481 e. The number of aliphatic carboxylic acids is 1. The van der Waals surface area contributed by atoms with Gasteiger partial charge in [0.25, 0.3) is 0 Å². The summed E-state index contributed by atoms with van der Waals surface area (Å²) >= 11 is 0. The van der Waals surface area contributed by atoms with Crippen LogP contribution in [0, 0.1) is 5.41 Å². The van der Waals surface area contributed by atoms with Crippen molar-refractivity contribution in [2.75, 3.05) is 19.7 Å². The summed E-state index contributed by atoms with van der Waals surface area (Å²) in [5.41, 5.74) is 3.99. The summed E-state index contributed by atoms with van der Waals surface area (Å²) in [6.07, 6.45) is -0.973. The fourth-order valence-corrected chi connectivity index (χ4v) is 5.27. The number of likely N-dealkylation sites (tertiary alicyclic amines) is 1. The molecule has 1 saturated heterocycles. The van der Waals surface area contributed by atoms with Crippen molar-refractivity contribution < 1.29 is 29.3 Å². The lowest BCUT2D eigenvalue weighted by atomic mass is 9.87. The van der Waals surface area contributed by atoms with Crippen LogP contribution < -0.4 is 5.32 Å². The van der Waals surface area contributed by atoms with Crippen LogP contribution in [0.3, 0.4) is 0 Å². The lowest BCUT2D eigenvalue weighted by Gasteiger charge is -2.32. The number of hydrogen-bond acceptors (Lipinski definition) is 5. The lowest BCUT2D eigenvalue weighted by molar-refractivity contribution is -0.143. The monoisotopic (exact) mass is 480 g/mol. The molecular weight excluding hydrogens is 448 g/mol. The van der Waals surface area contributed by atoms with Crippen LogP contribution in [0.5, 0.6) is 0 Å². The summed E-state index contributed by atoms with van der Waals surface area (Å²) in [7, 11) is 0. The molecule has 3 N–H and O–H groups in total. The quantitative estimate of drug-likeness (QED) is 0.584. The molecule has 2 atom stereocenters. The number of hydrogen-bond donors (Lipinski definition) is 3. The van der Waals surface area contributed by atoms with E-state index < -0.39 is 36.5 Å². The molecule has 1 aliphatic heterocycles. The zero-order valence-electron chi connectivity index (χ0n) is 20.1. The zero-order valence-corrected chi connectivity index (χ0v) is 20.1. The van der Waals surface area contributed by atoms with E-state index in [1.165, 1.54) is 4.90 Å². The Hall–Kier alpha value is -3.39. The van der Waals surface area contributed by atoms with Gasteiger partial charge < -0.3 is 25.2 Å². The van der Waals surface area contributed by atoms with Crippen LogP contribution in [0.4, 0.5) is 4.79 Å². The molecule has 8 heteroatoms. The fourth-order valence-electron chi connectivity index (χ4n) is 5.27. The highest BCUT2D eigenvalue weighted by molar-refractivity contribution is 5.89. The van der Waals surface area contributed by atoms with E-state index in [1.807, 2.05) is 62.4 Å². The number of amides is 2. The smallest absolute Gasteiger partial charge is 0.407 e. The van der Waals surface area contributed by atoms with Crippen molar-refractivity contribution in [3.8, 4) is 11.1 Å². The van der Waals surface area contributed by atoms with E-state index in [0.29, 0.717) is 25.9 Å². The number of carboxylic acid groups (broad SMARTS) is 1. The Labute approximate surface area is 204 Å². The predicted octanol–water partition coefficient (Wildman–Crippen LogP) is 3.38. The molecule has 2 amide bonds. The zero-order chi connectivity index (χ0) is 25.2. The van der Waals surface area contributed by atoms with Gasteiger partial charge >= 0.3 is 12.1 Å². The van der Waals surface area contributed by atoms with Crippen LogP contribution in [-0.2, 0) is 14.3 Å². The van der Waals surface area contributed by atoms with Gasteiger partial charge in [-0.3, -0.25) is 9.59 Å². The number of carbonyl (C=O) groups excluding carboxylic acids is 2. The van der Waals surface area contributed by atoms with Crippen molar-refractivity contribution >= 4 is 18.0 Å². The molecular formula is C27H32N2O6. The van der Waals surface area contributed by atoms with Gasteiger partial charge in [-0.25, -0.2) is 4.79 Å². The van der Waals surface area contributed by atoms with E-state index in [0.717, 1.165) is 22.3 Å². The van der Waals surface area contributed by atoms with Crippen molar-refractivity contribution in [2.45, 2.75) is 51.2 Å². The molecule has 1 fully saturated rings. The second-order valence-corrected chi connectivity index (χ2v) is 10.2. The third kappa shape index (κ3) is 5.65. The van der Waals surface area contributed by atoms with E-state index in [2.05, 4.69) is 5.32 Å². The molecule has 0 bridgehead atoms. The summed E-state index contributed by atoms with van der Waals surface area (Å²) in [4.78, 5) is 38.9. The van der Waals surface area contributed by atoms with Gasteiger partial charge in [-0.15, -0.1) is 0 Å².